The van der Waals surface area contributed by atoms with Gasteiger partial charge in [0.05, 0.1) is 0 Å². The summed E-state index contributed by atoms with van der Waals surface area (Å²) in [5.74, 6) is 0. The molecule has 2 heterocycles. The first-order chi connectivity index (χ1) is 7.79. The minimum absolute atomic E-state index is 0.938. The first-order valence-electron chi connectivity index (χ1n) is 5.46. The summed E-state index contributed by atoms with van der Waals surface area (Å²) < 4.78 is 1.96. The molecule has 0 saturated heterocycles. The summed E-state index contributed by atoms with van der Waals surface area (Å²) >= 11 is 1.59. The molecule has 0 fully saturated rings. The predicted molar refractivity (Wildman–Crippen MR) is 63.0 cm³/mol. The molecule has 2 aromatic rings. The lowest BCUT2D eigenvalue weighted by atomic mass is 10.3. The van der Waals surface area contributed by atoms with Crippen LogP contribution >= 0.6 is 11.3 Å². The topological polar surface area (TPSA) is 42.5 Å². The minimum atomic E-state index is 0.938. The second kappa shape index (κ2) is 5.12. The van der Waals surface area contributed by atoms with Gasteiger partial charge < -0.3 is 0 Å². The van der Waals surface area contributed by atoms with Gasteiger partial charge in [0.1, 0.15) is 16.2 Å². The maximum absolute atomic E-state index is 4.36. The number of aryl methyl sites for hydroxylation is 2. The van der Waals surface area contributed by atoms with Crippen molar-refractivity contribution >= 4 is 11.3 Å². The van der Waals surface area contributed by atoms with Crippen LogP contribution in [0.3, 0.4) is 0 Å². The molecule has 0 bridgehead atoms. The second-order valence-electron chi connectivity index (χ2n) is 3.66. The zero-order chi connectivity index (χ0) is 11.4. The first-order valence-corrected chi connectivity index (χ1v) is 6.27. The number of hydrogen-bond acceptors (Lipinski definition) is 4. The fourth-order valence-electron chi connectivity index (χ4n) is 1.38. The van der Waals surface area contributed by atoms with Crippen molar-refractivity contribution in [3.63, 3.8) is 0 Å². The van der Waals surface area contributed by atoms with Crippen molar-refractivity contribution in [1.29, 1.82) is 0 Å². The van der Waals surface area contributed by atoms with E-state index in [9.17, 15) is 0 Å². The molecule has 0 unspecified atom stereocenters. The molecule has 0 aliphatic rings. The third kappa shape index (κ3) is 2.61. The highest BCUT2D eigenvalue weighted by Gasteiger charge is 2.07. The molecule has 0 radical (unpaired) electrons. The lowest BCUT2D eigenvalue weighted by molar-refractivity contribution is -0.754. The summed E-state index contributed by atoms with van der Waals surface area (Å²) in [7, 11) is 0. The van der Waals surface area contributed by atoms with E-state index in [1.807, 2.05) is 30.1 Å². The molecule has 0 aliphatic carbocycles. The van der Waals surface area contributed by atoms with Gasteiger partial charge in [-0.25, -0.2) is 0 Å². The Morgan fingerprint density at radius 3 is 2.81 bits per heavy atom. The van der Waals surface area contributed by atoms with Crippen LogP contribution in [-0.4, -0.2) is 15.3 Å². The zero-order valence-electron chi connectivity index (χ0n) is 9.55. The van der Waals surface area contributed by atoms with Crippen molar-refractivity contribution < 1.29 is 4.68 Å². The minimum Gasteiger partial charge on any atom is -0.143 e. The van der Waals surface area contributed by atoms with Gasteiger partial charge in [0.2, 0.25) is 0 Å². The lowest BCUT2D eigenvalue weighted by Crippen LogP contribution is -2.37. The van der Waals surface area contributed by atoms with E-state index in [1.54, 1.807) is 11.3 Å². The standard InChI is InChI=1S/C11H15N4S/c1-3-4-6-15-7-5-10(8-12-15)11-14-13-9(2)16-11/h5,7-8H,3-4,6H2,1-2H3/q+1. The van der Waals surface area contributed by atoms with Crippen molar-refractivity contribution in [2.75, 3.05) is 0 Å². The van der Waals surface area contributed by atoms with Gasteiger partial charge in [0.25, 0.3) is 0 Å². The third-order valence-electron chi connectivity index (χ3n) is 2.29. The summed E-state index contributed by atoms with van der Waals surface area (Å²) in [6.07, 6.45) is 6.21. The summed E-state index contributed by atoms with van der Waals surface area (Å²) in [5.41, 5.74) is 1.04. The molecular formula is C11H15N4S+. The molecule has 5 heteroatoms. The monoisotopic (exact) mass is 235 g/mol. The Morgan fingerprint density at radius 1 is 1.38 bits per heavy atom. The van der Waals surface area contributed by atoms with Crippen LogP contribution < -0.4 is 4.68 Å². The molecule has 4 nitrogen and oxygen atoms in total. The van der Waals surface area contributed by atoms with Gasteiger partial charge in [-0.1, -0.05) is 29.4 Å². The molecule has 0 atom stereocenters. The van der Waals surface area contributed by atoms with Crippen molar-refractivity contribution in [2.24, 2.45) is 0 Å². The van der Waals surface area contributed by atoms with E-state index in [0.717, 1.165) is 28.5 Å². The molecule has 0 spiro atoms. The molecule has 0 saturated carbocycles. The van der Waals surface area contributed by atoms with E-state index in [2.05, 4.69) is 22.2 Å². The lowest BCUT2D eigenvalue weighted by Gasteiger charge is -1.94. The van der Waals surface area contributed by atoms with Crippen LogP contribution in [0.1, 0.15) is 24.8 Å². The summed E-state index contributed by atoms with van der Waals surface area (Å²) in [5, 5.41) is 14.4. The van der Waals surface area contributed by atoms with Crippen molar-refractivity contribution in [3.8, 4) is 10.6 Å². The Morgan fingerprint density at radius 2 is 2.25 bits per heavy atom. The van der Waals surface area contributed by atoms with Gasteiger partial charge in [-0.2, -0.15) is 0 Å². The van der Waals surface area contributed by atoms with Gasteiger partial charge >= 0.3 is 0 Å². The Hall–Kier alpha value is -1.36. The molecule has 2 rings (SSSR count). The number of aromatic nitrogens is 4. The normalized spacial score (nSPS) is 10.6. The molecule has 0 N–H and O–H groups in total. The molecular weight excluding hydrogens is 220 g/mol. The summed E-state index contributed by atoms with van der Waals surface area (Å²) in [4.78, 5) is 0. The molecule has 84 valence electrons. The number of nitrogens with zero attached hydrogens (tertiary/aromatic N) is 4. The van der Waals surface area contributed by atoms with Crippen LogP contribution in [0, 0.1) is 6.92 Å². The van der Waals surface area contributed by atoms with Crippen LogP contribution in [0.2, 0.25) is 0 Å². The Kier molecular flexibility index (Phi) is 3.56. The van der Waals surface area contributed by atoms with Crippen LogP contribution in [-0.2, 0) is 6.54 Å². The molecule has 0 aliphatic heterocycles. The van der Waals surface area contributed by atoms with E-state index in [0.29, 0.717) is 0 Å². The largest absolute Gasteiger partial charge is 0.197 e. The van der Waals surface area contributed by atoms with Gasteiger partial charge in [-0.15, -0.1) is 10.2 Å². The number of rotatable bonds is 4. The van der Waals surface area contributed by atoms with E-state index < -0.39 is 0 Å². The molecule has 0 amide bonds. The van der Waals surface area contributed by atoms with Gasteiger partial charge in [0, 0.05) is 18.1 Å². The Labute approximate surface area is 99.0 Å². The maximum atomic E-state index is 4.36. The third-order valence-corrected chi connectivity index (χ3v) is 3.17. The molecule has 0 aromatic carbocycles. The first kappa shape index (κ1) is 11.1. The molecule has 2 aromatic heterocycles. The molecule has 16 heavy (non-hydrogen) atoms. The highest BCUT2D eigenvalue weighted by atomic mass is 32.1. The van der Waals surface area contributed by atoms with Crippen LogP contribution in [0.4, 0.5) is 0 Å². The highest BCUT2D eigenvalue weighted by molar-refractivity contribution is 7.14. The SMILES string of the molecule is CCCC[n+]1ccc(-c2nnc(C)s2)cn1. The average molecular weight is 235 g/mol. The fourth-order valence-corrected chi connectivity index (χ4v) is 2.06. The zero-order valence-corrected chi connectivity index (χ0v) is 10.4. The Bertz CT molecular complexity index is 449. The highest BCUT2D eigenvalue weighted by Crippen LogP contribution is 2.20. The van der Waals surface area contributed by atoms with E-state index in [4.69, 9.17) is 0 Å². The van der Waals surface area contributed by atoms with Crippen molar-refractivity contribution in [3.05, 3.63) is 23.5 Å². The van der Waals surface area contributed by atoms with E-state index >= 15 is 0 Å². The summed E-state index contributed by atoms with van der Waals surface area (Å²) in [6.45, 7) is 5.11. The maximum Gasteiger partial charge on any atom is 0.197 e. The van der Waals surface area contributed by atoms with E-state index in [-0.39, 0.29) is 0 Å². The number of hydrogen-bond donors (Lipinski definition) is 0. The average Bonchev–Trinajstić information content (AvgIpc) is 2.74. The number of unbranched alkanes of at least 4 members (excludes halogenated alkanes) is 1. The fraction of sp³-hybridized carbons (Fsp3) is 0.455. The quantitative estimate of drug-likeness (QED) is 0.761. The van der Waals surface area contributed by atoms with Crippen LogP contribution in [0.25, 0.3) is 10.6 Å². The van der Waals surface area contributed by atoms with Crippen molar-refractivity contribution in [2.45, 2.75) is 33.2 Å². The summed E-state index contributed by atoms with van der Waals surface area (Å²) in [6, 6.07) is 2.04. The van der Waals surface area contributed by atoms with Crippen LogP contribution in [0.5, 0.6) is 0 Å². The van der Waals surface area contributed by atoms with Crippen molar-refractivity contribution in [1.82, 2.24) is 15.3 Å². The predicted octanol–water partition coefficient (Wildman–Crippen LogP) is 2.00. The van der Waals surface area contributed by atoms with Gasteiger partial charge in [-0.05, 0) is 12.0 Å². The van der Waals surface area contributed by atoms with Gasteiger partial charge in [-0.3, -0.25) is 0 Å². The van der Waals surface area contributed by atoms with Gasteiger partial charge in [0.15, 0.2) is 12.7 Å². The second-order valence-corrected chi connectivity index (χ2v) is 4.84. The smallest absolute Gasteiger partial charge is 0.143 e. The van der Waals surface area contributed by atoms with E-state index in [1.165, 1.54) is 6.42 Å². The van der Waals surface area contributed by atoms with Crippen LogP contribution in [0.15, 0.2) is 18.5 Å². The Balaban J connectivity index is 2.13.